The zero-order chi connectivity index (χ0) is 19.2. The van der Waals surface area contributed by atoms with E-state index in [4.69, 9.17) is 23.2 Å². The maximum atomic E-state index is 13.7. The van der Waals surface area contributed by atoms with Crippen molar-refractivity contribution in [1.29, 1.82) is 0 Å². The van der Waals surface area contributed by atoms with Crippen molar-refractivity contribution in [2.24, 2.45) is 0 Å². The number of nitrogens with zero attached hydrogens (tertiary/aromatic N) is 2. The minimum absolute atomic E-state index is 0.0288. The van der Waals surface area contributed by atoms with E-state index < -0.39 is 4.87 Å². The third-order valence-corrected chi connectivity index (χ3v) is 7.07. The quantitative estimate of drug-likeness (QED) is 0.723. The number of benzene rings is 2. The standard InChI is InChI=1S/C20H18Cl2N2O2S/c1-2-18(25)24-9-10-27-20(24)15-11-14(21)7-8-17(15)23(19(20)26)12-13-5-3-4-6-16(13)22/h3-8,11H,2,9-10,12H2,1H3/t20-/m0/s1. The van der Waals surface area contributed by atoms with Crippen LogP contribution in [-0.4, -0.2) is 29.0 Å². The van der Waals surface area contributed by atoms with Crippen molar-refractivity contribution >= 4 is 52.5 Å². The summed E-state index contributed by atoms with van der Waals surface area (Å²) < 4.78 is 0. The van der Waals surface area contributed by atoms with E-state index in [1.54, 1.807) is 15.9 Å². The molecule has 4 rings (SSSR count). The van der Waals surface area contributed by atoms with Crippen molar-refractivity contribution in [3.63, 3.8) is 0 Å². The Morgan fingerprint density at radius 1 is 1.22 bits per heavy atom. The van der Waals surface area contributed by atoms with Crippen molar-refractivity contribution in [3.8, 4) is 0 Å². The van der Waals surface area contributed by atoms with Crippen LogP contribution in [0.5, 0.6) is 0 Å². The van der Waals surface area contributed by atoms with E-state index in [2.05, 4.69) is 0 Å². The summed E-state index contributed by atoms with van der Waals surface area (Å²) in [7, 11) is 0. The highest BCUT2D eigenvalue weighted by Gasteiger charge is 2.59. The summed E-state index contributed by atoms with van der Waals surface area (Å²) in [6.07, 6.45) is 0.357. The topological polar surface area (TPSA) is 40.6 Å². The van der Waals surface area contributed by atoms with Crippen LogP contribution < -0.4 is 4.90 Å². The van der Waals surface area contributed by atoms with Crippen molar-refractivity contribution in [1.82, 2.24) is 4.90 Å². The molecule has 0 saturated carbocycles. The molecule has 7 heteroatoms. The second kappa shape index (κ2) is 7.04. The van der Waals surface area contributed by atoms with Crippen molar-refractivity contribution in [3.05, 3.63) is 63.6 Å². The molecule has 2 aliphatic rings. The summed E-state index contributed by atoms with van der Waals surface area (Å²) in [5, 5.41) is 1.17. The average Bonchev–Trinajstić information content (AvgIpc) is 3.20. The summed E-state index contributed by atoms with van der Waals surface area (Å²) >= 11 is 14.1. The van der Waals surface area contributed by atoms with Crippen LogP contribution in [0.4, 0.5) is 5.69 Å². The Morgan fingerprint density at radius 3 is 2.74 bits per heavy atom. The number of fused-ring (bicyclic) bond motifs is 2. The normalized spacial score (nSPS) is 21.2. The van der Waals surface area contributed by atoms with E-state index in [1.165, 1.54) is 11.8 Å². The molecule has 1 spiro atoms. The SMILES string of the molecule is CCC(=O)N1CCS[C@@]12C(=O)N(Cc1ccccc1Cl)c1ccc(Cl)cc12. The Kier molecular flexibility index (Phi) is 4.87. The molecule has 0 bridgehead atoms. The van der Waals surface area contributed by atoms with E-state index >= 15 is 0 Å². The first kappa shape index (κ1) is 18.7. The van der Waals surface area contributed by atoms with Gasteiger partial charge in [0.1, 0.15) is 0 Å². The van der Waals surface area contributed by atoms with Crippen molar-refractivity contribution in [2.75, 3.05) is 17.2 Å². The van der Waals surface area contributed by atoms with Crippen LogP contribution >= 0.6 is 35.0 Å². The largest absolute Gasteiger partial charge is 0.315 e. The Bertz CT molecular complexity index is 936. The van der Waals surface area contributed by atoms with Gasteiger partial charge < -0.3 is 9.80 Å². The van der Waals surface area contributed by atoms with E-state index in [0.29, 0.717) is 35.3 Å². The second-order valence-electron chi connectivity index (χ2n) is 6.54. The molecule has 1 fully saturated rings. The molecule has 27 heavy (non-hydrogen) atoms. The molecule has 2 aromatic carbocycles. The van der Waals surface area contributed by atoms with Gasteiger partial charge in [-0.2, -0.15) is 0 Å². The van der Waals surface area contributed by atoms with Crippen LogP contribution in [-0.2, 0) is 21.0 Å². The van der Waals surface area contributed by atoms with Gasteiger partial charge in [-0.3, -0.25) is 9.59 Å². The van der Waals surface area contributed by atoms with Crippen LogP contribution in [0.3, 0.4) is 0 Å². The lowest BCUT2D eigenvalue weighted by atomic mass is 10.1. The number of thioether (sulfide) groups is 1. The van der Waals surface area contributed by atoms with E-state index in [9.17, 15) is 9.59 Å². The predicted molar refractivity (Wildman–Crippen MR) is 110 cm³/mol. The maximum absolute atomic E-state index is 13.7. The zero-order valence-corrected chi connectivity index (χ0v) is 17.1. The molecule has 2 aliphatic heterocycles. The Morgan fingerprint density at radius 2 is 2.00 bits per heavy atom. The highest BCUT2D eigenvalue weighted by atomic mass is 35.5. The van der Waals surface area contributed by atoms with Gasteiger partial charge in [0, 0.05) is 34.3 Å². The number of hydrogen-bond donors (Lipinski definition) is 0. The second-order valence-corrected chi connectivity index (χ2v) is 8.67. The number of hydrogen-bond acceptors (Lipinski definition) is 3. The highest BCUT2D eigenvalue weighted by molar-refractivity contribution is 8.01. The fourth-order valence-electron chi connectivity index (χ4n) is 3.79. The van der Waals surface area contributed by atoms with Crippen molar-refractivity contribution < 1.29 is 9.59 Å². The maximum Gasteiger partial charge on any atom is 0.268 e. The molecular weight excluding hydrogens is 403 g/mol. The summed E-state index contributed by atoms with van der Waals surface area (Å²) in [6, 6.07) is 12.9. The van der Waals surface area contributed by atoms with Gasteiger partial charge in [-0.1, -0.05) is 48.3 Å². The number of carbonyl (C=O) groups is 2. The zero-order valence-electron chi connectivity index (χ0n) is 14.7. The minimum Gasteiger partial charge on any atom is -0.315 e. The molecular formula is C20H18Cl2N2O2S. The third-order valence-electron chi connectivity index (χ3n) is 5.05. The number of halogens is 2. The Hall–Kier alpha value is -1.69. The summed E-state index contributed by atoms with van der Waals surface area (Å²) in [5.74, 6) is 0.575. The first-order valence-electron chi connectivity index (χ1n) is 8.79. The molecule has 140 valence electrons. The van der Waals surface area contributed by atoms with Crippen LogP contribution in [0.1, 0.15) is 24.5 Å². The lowest BCUT2D eigenvalue weighted by molar-refractivity contribution is -0.139. The van der Waals surface area contributed by atoms with Crippen LogP contribution in [0.25, 0.3) is 0 Å². The van der Waals surface area contributed by atoms with Crippen LogP contribution in [0.2, 0.25) is 10.0 Å². The third kappa shape index (κ3) is 2.84. The molecule has 2 aromatic rings. The number of amides is 2. The smallest absolute Gasteiger partial charge is 0.268 e. The Labute approximate surface area is 172 Å². The first-order valence-corrected chi connectivity index (χ1v) is 10.5. The summed E-state index contributed by atoms with van der Waals surface area (Å²) in [4.78, 5) is 28.7. The molecule has 2 heterocycles. The van der Waals surface area contributed by atoms with Crippen molar-refractivity contribution in [2.45, 2.75) is 24.8 Å². The average molecular weight is 421 g/mol. The predicted octanol–water partition coefficient (Wildman–Crippen LogP) is 4.68. The molecule has 1 atom stereocenters. The Balaban J connectivity index is 1.84. The monoisotopic (exact) mass is 420 g/mol. The number of rotatable bonds is 3. The molecule has 4 nitrogen and oxygen atoms in total. The highest BCUT2D eigenvalue weighted by Crippen LogP contribution is 2.55. The number of anilines is 1. The molecule has 0 N–H and O–H groups in total. The van der Waals surface area contributed by atoms with Crippen LogP contribution in [0, 0.1) is 0 Å². The molecule has 0 radical (unpaired) electrons. The fraction of sp³-hybridized carbons (Fsp3) is 0.300. The van der Waals surface area contributed by atoms with E-state index in [0.717, 1.165) is 16.8 Å². The van der Waals surface area contributed by atoms with Gasteiger partial charge in [0.15, 0.2) is 4.87 Å². The molecule has 0 aromatic heterocycles. The lowest BCUT2D eigenvalue weighted by Crippen LogP contribution is -2.50. The molecule has 2 amide bonds. The van der Waals surface area contributed by atoms with Gasteiger partial charge >= 0.3 is 0 Å². The van der Waals surface area contributed by atoms with Gasteiger partial charge in [0.25, 0.3) is 5.91 Å². The molecule has 0 unspecified atom stereocenters. The van der Waals surface area contributed by atoms with Gasteiger partial charge in [0.05, 0.1) is 12.2 Å². The van der Waals surface area contributed by atoms with Gasteiger partial charge in [-0.15, -0.1) is 11.8 Å². The summed E-state index contributed by atoms with van der Waals surface area (Å²) in [6.45, 7) is 2.72. The van der Waals surface area contributed by atoms with Crippen LogP contribution in [0.15, 0.2) is 42.5 Å². The first-order chi connectivity index (χ1) is 13.0. The lowest BCUT2D eigenvalue weighted by Gasteiger charge is -2.33. The van der Waals surface area contributed by atoms with Gasteiger partial charge in [0.2, 0.25) is 5.91 Å². The summed E-state index contributed by atoms with van der Waals surface area (Å²) in [5.41, 5.74) is 2.44. The molecule has 1 saturated heterocycles. The van der Waals surface area contributed by atoms with E-state index in [1.807, 2.05) is 43.3 Å². The van der Waals surface area contributed by atoms with E-state index in [-0.39, 0.29) is 11.8 Å². The van der Waals surface area contributed by atoms with Gasteiger partial charge in [-0.25, -0.2) is 0 Å². The fourth-order valence-corrected chi connectivity index (χ4v) is 5.63. The van der Waals surface area contributed by atoms with Gasteiger partial charge in [-0.05, 0) is 29.8 Å². The minimum atomic E-state index is -1.03. The number of carbonyl (C=O) groups excluding carboxylic acids is 2. The molecule has 0 aliphatic carbocycles.